The Balaban J connectivity index is 1.56. The fraction of sp³-hybridized carbons (Fsp3) is 0.261. The molecule has 0 aliphatic rings. The number of nitrogens with zero attached hydrogens (tertiary/aromatic N) is 2. The molecule has 3 aromatic rings. The molecule has 156 valence electrons. The molecule has 0 fully saturated rings. The summed E-state index contributed by atoms with van der Waals surface area (Å²) in [6.07, 6.45) is 0.0583. The second-order valence-corrected chi connectivity index (χ2v) is 7.08. The van der Waals surface area contributed by atoms with Gasteiger partial charge in [-0.25, -0.2) is 4.79 Å². The number of carboxylic acids is 1. The number of nitrogens with one attached hydrogen (secondary N) is 1. The van der Waals surface area contributed by atoms with Gasteiger partial charge in [0.1, 0.15) is 6.61 Å². The Labute approximate surface area is 175 Å². The number of carbonyl (C=O) groups excluding carboxylic acids is 1. The molecule has 2 aromatic carbocycles. The van der Waals surface area contributed by atoms with E-state index in [1.54, 1.807) is 0 Å². The summed E-state index contributed by atoms with van der Waals surface area (Å²) in [7, 11) is 0. The number of anilines is 1. The molecule has 0 atom stereocenters. The number of aliphatic carboxylic acids is 1. The number of ether oxygens (including phenoxy) is 1. The van der Waals surface area contributed by atoms with Crippen molar-refractivity contribution >= 4 is 17.7 Å². The molecule has 7 heteroatoms. The first kappa shape index (κ1) is 21.1. The summed E-state index contributed by atoms with van der Waals surface area (Å²) in [5, 5.41) is 16.2. The van der Waals surface area contributed by atoms with E-state index in [0.29, 0.717) is 18.7 Å². The molecular weight excluding hydrogens is 382 g/mol. The second-order valence-electron chi connectivity index (χ2n) is 7.08. The van der Waals surface area contributed by atoms with Crippen LogP contribution in [0.3, 0.4) is 0 Å². The number of carboxylic acid groups (broad SMARTS) is 1. The fourth-order valence-corrected chi connectivity index (χ4v) is 3.23. The molecule has 0 saturated carbocycles. The number of aromatic nitrogens is 2. The van der Waals surface area contributed by atoms with E-state index in [1.165, 1.54) is 0 Å². The predicted molar refractivity (Wildman–Crippen MR) is 113 cm³/mol. The van der Waals surface area contributed by atoms with E-state index in [4.69, 9.17) is 9.84 Å². The normalized spacial score (nSPS) is 10.6. The van der Waals surface area contributed by atoms with Crippen molar-refractivity contribution in [3.05, 3.63) is 82.7 Å². The van der Waals surface area contributed by atoms with E-state index in [2.05, 4.69) is 10.4 Å². The van der Waals surface area contributed by atoms with Gasteiger partial charge in [0.25, 0.3) is 0 Å². The summed E-state index contributed by atoms with van der Waals surface area (Å²) in [4.78, 5) is 22.8. The van der Waals surface area contributed by atoms with Crippen molar-refractivity contribution < 1.29 is 19.4 Å². The van der Waals surface area contributed by atoms with Crippen LogP contribution in [0.2, 0.25) is 0 Å². The summed E-state index contributed by atoms with van der Waals surface area (Å²) < 4.78 is 7.10. The van der Waals surface area contributed by atoms with E-state index in [0.717, 1.165) is 28.1 Å². The minimum Gasteiger partial charge on any atom is -0.481 e. The smallest absolute Gasteiger partial charge is 0.411 e. The lowest BCUT2D eigenvalue weighted by Gasteiger charge is -2.09. The van der Waals surface area contributed by atoms with Crippen LogP contribution in [0, 0.1) is 13.8 Å². The monoisotopic (exact) mass is 407 g/mol. The Hall–Kier alpha value is -3.61. The van der Waals surface area contributed by atoms with Gasteiger partial charge >= 0.3 is 12.1 Å². The average Bonchev–Trinajstić information content (AvgIpc) is 2.99. The number of hydrogen-bond donors (Lipinski definition) is 2. The SMILES string of the molecule is Cc1nn(Cc2ccc(NC(=O)OCc3ccccc3)cc2)c(C)c1CCC(=O)O. The third-order valence-corrected chi connectivity index (χ3v) is 4.87. The molecule has 0 aliphatic carbocycles. The Kier molecular flexibility index (Phi) is 6.85. The van der Waals surface area contributed by atoms with Crippen LogP contribution in [-0.2, 0) is 29.1 Å². The molecule has 2 N–H and O–H groups in total. The third kappa shape index (κ3) is 5.70. The number of amides is 1. The van der Waals surface area contributed by atoms with Crippen molar-refractivity contribution in [2.45, 2.75) is 39.8 Å². The molecule has 0 spiro atoms. The predicted octanol–water partition coefficient (Wildman–Crippen LogP) is 4.31. The van der Waals surface area contributed by atoms with E-state index >= 15 is 0 Å². The number of carbonyl (C=O) groups is 2. The molecule has 3 rings (SSSR count). The summed E-state index contributed by atoms with van der Waals surface area (Å²) in [6, 6.07) is 17.0. The molecule has 7 nitrogen and oxygen atoms in total. The molecule has 1 aromatic heterocycles. The fourth-order valence-electron chi connectivity index (χ4n) is 3.23. The lowest BCUT2D eigenvalue weighted by molar-refractivity contribution is -0.136. The highest BCUT2D eigenvalue weighted by molar-refractivity contribution is 5.84. The third-order valence-electron chi connectivity index (χ3n) is 4.87. The maximum Gasteiger partial charge on any atom is 0.411 e. The highest BCUT2D eigenvalue weighted by Crippen LogP contribution is 2.18. The molecule has 0 saturated heterocycles. The van der Waals surface area contributed by atoms with Crippen molar-refractivity contribution in [3.8, 4) is 0 Å². The summed E-state index contributed by atoms with van der Waals surface area (Å²) in [5.41, 5.74) is 5.40. The van der Waals surface area contributed by atoms with Gasteiger partial charge in [-0.2, -0.15) is 5.10 Å². The first-order valence-corrected chi connectivity index (χ1v) is 9.73. The zero-order valence-corrected chi connectivity index (χ0v) is 17.1. The van der Waals surface area contributed by atoms with Crippen LogP contribution in [0.5, 0.6) is 0 Å². The first-order chi connectivity index (χ1) is 14.4. The minimum absolute atomic E-state index is 0.0914. The van der Waals surface area contributed by atoms with Gasteiger partial charge in [-0.15, -0.1) is 0 Å². The van der Waals surface area contributed by atoms with Crippen LogP contribution in [-0.4, -0.2) is 26.9 Å². The van der Waals surface area contributed by atoms with Gasteiger partial charge in [0, 0.05) is 17.8 Å². The quantitative estimate of drug-likeness (QED) is 0.580. The molecule has 0 radical (unpaired) electrons. The minimum atomic E-state index is -0.813. The van der Waals surface area contributed by atoms with Gasteiger partial charge in [-0.05, 0) is 49.1 Å². The van der Waals surface area contributed by atoms with E-state index in [1.807, 2.05) is 73.1 Å². The largest absolute Gasteiger partial charge is 0.481 e. The van der Waals surface area contributed by atoms with Gasteiger partial charge < -0.3 is 9.84 Å². The van der Waals surface area contributed by atoms with Crippen molar-refractivity contribution in [2.24, 2.45) is 0 Å². The van der Waals surface area contributed by atoms with Gasteiger partial charge in [0.15, 0.2) is 0 Å². The number of rotatable bonds is 8. The van der Waals surface area contributed by atoms with Gasteiger partial charge in [0.05, 0.1) is 12.2 Å². The Morgan fingerprint density at radius 1 is 1.03 bits per heavy atom. The highest BCUT2D eigenvalue weighted by Gasteiger charge is 2.13. The van der Waals surface area contributed by atoms with E-state index < -0.39 is 12.1 Å². The zero-order valence-electron chi connectivity index (χ0n) is 17.1. The maximum absolute atomic E-state index is 12.0. The molecule has 1 amide bonds. The van der Waals surface area contributed by atoms with Crippen molar-refractivity contribution in [1.29, 1.82) is 0 Å². The van der Waals surface area contributed by atoms with Gasteiger partial charge in [-0.3, -0.25) is 14.8 Å². The number of aryl methyl sites for hydroxylation is 1. The van der Waals surface area contributed by atoms with Crippen molar-refractivity contribution in [1.82, 2.24) is 9.78 Å². The van der Waals surface area contributed by atoms with Crippen molar-refractivity contribution in [3.63, 3.8) is 0 Å². The molecule has 30 heavy (non-hydrogen) atoms. The van der Waals surface area contributed by atoms with Crippen LogP contribution in [0.1, 0.15) is 34.5 Å². The van der Waals surface area contributed by atoms with E-state index in [9.17, 15) is 9.59 Å². The molecule has 0 bridgehead atoms. The van der Waals surface area contributed by atoms with Gasteiger partial charge in [0.2, 0.25) is 0 Å². The van der Waals surface area contributed by atoms with Crippen LogP contribution in [0.4, 0.5) is 10.5 Å². The first-order valence-electron chi connectivity index (χ1n) is 9.73. The van der Waals surface area contributed by atoms with Gasteiger partial charge in [-0.1, -0.05) is 42.5 Å². The standard InChI is InChI=1S/C23H25N3O4/c1-16-21(12-13-22(27)28)17(2)26(25-16)14-18-8-10-20(11-9-18)24-23(29)30-15-19-6-4-3-5-7-19/h3-11H,12-15H2,1-2H3,(H,24,29)(H,27,28). The number of benzene rings is 2. The number of hydrogen-bond acceptors (Lipinski definition) is 4. The van der Waals surface area contributed by atoms with Crippen LogP contribution in [0.15, 0.2) is 54.6 Å². The Bertz CT molecular complexity index is 1010. The summed E-state index contributed by atoms with van der Waals surface area (Å²) >= 11 is 0. The average molecular weight is 407 g/mol. The molecule has 1 heterocycles. The summed E-state index contributed by atoms with van der Waals surface area (Å²) in [6.45, 7) is 4.63. The zero-order chi connectivity index (χ0) is 21.5. The molecular formula is C23H25N3O4. The Morgan fingerprint density at radius 2 is 1.73 bits per heavy atom. The topological polar surface area (TPSA) is 93.5 Å². The highest BCUT2D eigenvalue weighted by atomic mass is 16.5. The lowest BCUT2D eigenvalue weighted by atomic mass is 10.1. The lowest BCUT2D eigenvalue weighted by Crippen LogP contribution is -2.13. The maximum atomic E-state index is 12.0. The van der Waals surface area contributed by atoms with E-state index in [-0.39, 0.29) is 13.0 Å². The Morgan fingerprint density at radius 3 is 2.40 bits per heavy atom. The summed E-state index contributed by atoms with van der Waals surface area (Å²) in [5.74, 6) is -0.813. The molecule has 0 aliphatic heterocycles. The van der Waals surface area contributed by atoms with Crippen LogP contribution < -0.4 is 5.32 Å². The van der Waals surface area contributed by atoms with Crippen LogP contribution >= 0.6 is 0 Å². The van der Waals surface area contributed by atoms with Crippen molar-refractivity contribution in [2.75, 3.05) is 5.32 Å². The van der Waals surface area contributed by atoms with Crippen LogP contribution in [0.25, 0.3) is 0 Å². The molecule has 0 unspecified atom stereocenters. The second kappa shape index (κ2) is 9.73.